The number of benzene rings is 2. The molecule has 0 saturated heterocycles. The monoisotopic (exact) mass is 430 g/mol. The first kappa shape index (κ1) is 20.9. The number of aryl methyl sites for hydroxylation is 1. The number of sulfonamides is 1. The lowest BCUT2D eigenvalue weighted by Crippen LogP contribution is -2.26. The topological polar surface area (TPSA) is 84.5 Å². The van der Waals surface area contributed by atoms with Crippen LogP contribution in [-0.2, 0) is 10.0 Å². The molecule has 2 aromatic carbocycles. The quantitative estimate of drug-likeness (QED) is 0.583. The van der Waals surface area contributed by atoms with Crippen molar-refractivity contribution < 1.29 is 17.9 Å². The highest BCUT2D eigenvalue weighted by molar-refractivity contribution is 7.92. The lowest BCUT2D eigenvalue weighted by molar-refractivity contribution is 0.0940. The van der Waals surface area contributed by atoms with Gasteiger partial charge in [0, 0.05) is 16.1 Å². The van der Waals surface area contributed by atoms with Gasteiger partial charge in [-0.25, -0.2) is 8.42 Å². The zero-order chi connectivity index (χ0) is 21.0. The summed E-state index contributed by atoms with van der Waals surface area (Å²) in [4.78, 5) is 13.7. The van der Waals surface area contributed by atoms with Gasteiger partial charge in [0.1, 0.15) is 5.75 Å². The van der Waals surface area contributed by atoms with Crippen LogP contribution in [-0.4, -0.2) is 21.4 Å². The van der Waals surface area contributed by atoms with E-state index in [4.69, 9.17) is 4.74 Å². The number of thiophene rings is 1. The number of nitrogens with one attached hydrogen (secondary N) is 2. The fourth-order valence-electron chi connectivity index (χ4n) is 2.79. The molecule has 6 nitrogen and oxygen atoms in total. The second-order valence-corrected chi connectivity index (χ2v) is 9.15. The summed E-state index contributed by atoms with van der Waals surface area (Å²) >= 11 is 1.55. The standard InChI is InChI=1S/C21H22N2O4S2/c1-14-6-7-16(21(24)22-15(2)19-5-4-12-28-19)13-20(14)29(25,26)23-17-8-10-18(27-3)11-9-17/h4-13,15,23H,1-3H3,(H,22,24). The van der Waals surface area contributed by atoms with Crippen molar-refractivity contribution in [2.75, 3.05) is 11.8 Å². The highest BCUT2D eigenvalue weighted by Gasteiger charge is 2.20. The summed E-state index contributed by atoms with van der Waals surface area (Å²) < 4.78 is 33.4. The molecule has 152 valence electrons. The van der Waals surface area contributed by atoms with Gasteiger partial charge in [-0.15, -0.1) is 11.3 Å². The van der Waals surface area contributed by atoms with Gasteiger partial charge >= 0.3 is 0 Å². The van der Waals surface area contributed by atoms with Gasteiger partial charge in [-0.1, -0.05) is 12.1 Å². The molecule has 2 N–H and O–H groups in total. The largest absolute Gasteiger partial charge is 0.497 e. The Morgan fingerprint density at radius 1 is 1.10 bits per heavy atom. The Bertz CT molecular complexity index is 1090. The van der Waals surface area contributed by atoms with Crippen LogP contribution in [0.15, 0.2) is 64.9 Å². The molecule has 1 aromatic heterocycles. The molecule has 0 saturated carbocycles. The van der Waals surface area contributed by atoms with Crippen molar-refractivity contribution in [2.45, 2.75) is 24.8 Å². The summed E-state index contributed by atoms with van der Waals surface area (Å²) in [5.41, 5.74) is 1.24. The maximum atomic E-state index is 12.9. The molecule has 0 spiro atoms. The first-order valence-electron chi connectivity index (χ1n) is 8.92. The van der Waals surface area contributed by atoms with Gasteiger partial charge in [-0.05, 0) is 67.3 Å². The minimum atomic E-state index is -3.86. The first-order chi connectivity index (χ1) is 13.8. The molecule has 1 heterocycles. The van der Waals surface area contributed by atoms with Crippen molar-refractivity contribution in [2.24, 2.45) is 0 Å². The number of anilines is 1. The molecule has 1 amide bonds. The van der Waals surface area contributed by atoms with E-state index in [9.17, 15) is 13.2 Å². The Hall–Kier alpha value is -2.84. The summed E-state index contributed by atoms with van der Waals surface area (Å²) in [6.07, 6.45) is 0. The van der Waals surface area contributed by atoms with E-state index < -0.39 is 10.0 Å². The fraction of sp³-hybridized carbons (Fsp3) is 0.190. The Morgan fingerprint density at radius 3 is 2.45 bits per heavy atom. The van der Waals surface area contributed by atoms with Crippen LogP contribution < -0.4 is 14.8 Å². The lowest BCUT2D eigenvalue weighted by Gasteiger charge is -2.15. The molecule has 0 aliphatic carbocycles. The van der Waals surface area contributed by atoms with E-state index in [1.54, 1.807) is 61.8 Å². The van der Waals surface area contributed by atoms with Crippen molar-refractivity contribution in [3.8, 4) is 5.75 Å². The minimum absolute atomic E-state index is 0.0599. The van der Waals surface area contributed by atoms with E-state index in [0.717, 1.165) is 4.88 Å². The zero-order valence-corrected chi connectivity index (χ0v) is 17.9. The van der Waals surface area contributed by atoms with Crippen molar-refractivity contribution in [3.63, 3.8) is 0 Å². The Labute approximate surface area is 174 Å². The highest BCUT2D eigenvalue weighted by atomic mass is 32.2. The van der Waals surface area contributed by atoms with Crippen molar-refractivity contribution >= 4 is 33.0 Å². The van der Waals surface area contributed by atoms with Crippen LogP contribution in [0, 0.1) is 6.92 Å². The molecule has 1 atom stereocenters. The molecular weight excluding hydrogens is 408 g/mol. The van der Waals surface area contributed by atoms with Crippen LogP contribution in [0.2, 0.25) is 0 Å². The summed E-state index contributed by atoms with van der Waals surface area (Å²) in [6, 6.07) is 14.9. The maximum Gasteiger partial charge on any atom is 0.262 e. The number of amides is 1. The lowest BCUT2D eigenvalue weighted by atomic mass is 10.1. The maximum absolute atomic E-state index is 12.9. The van der Waals surface area contributed by atoms with Crippen LogP contribution in [0.25, 0.3) is 0 Å². The van der Waals surface area contributed by atoms with Gasteiger partial charge in [0.2, 0.25) is 0 Å². The highest BCUT2D eigenvalue weighted by Crippen LogP contribution is 2.23. The smallest absolute Gasteiger partial charge is 0.262 e. The number of methoxy groups -OCH3 is 1. The molecular formula is C21H22N2O4S2. The number of carbonyl (C=O) groups is 1. The van der Waals surface area contributed by atoms with E-state index in [0.29, 0.717) is 17.0 Å². The predicted octanol–water partition coefficient (Wildman–Crippen LogP) is 4.36. The Balaban J connectivity index is 1.82. The summed E-state index contributed by atoms with van der Waals surface area (Å²) in [6.45, 7) is 3.58. The third-order valence-corrected chi connectivity index (χ3v) is 6.98. The van der Waals surface area contributed by atoms with E-state index in [1.165, 1.54) is 6.07 Å². The van der Waals surface area contributed by atoms with Crippen LogP contribution in [0.1, 0.15) is 33.8 Å². The summed E-state index contributed by atoms with van der Waals surface area (Å²) in [5.74, 6) is 0.300. The molecule has 8 heteroatoms. The zero-order valence-electron chi connectivity index (χ0n) is 16.3. The summed E-state index contributed by atoms with van der Waals surface area (Å²) in [5, 5.41) is 4.85. The number of ether oxygens (including phenoxy) is 1. The van der Waals surface area contributed by atoms with Gasteiger partial charge in [-0.2, -0.15) is 0 Å². The van der Waals surface area contributed by atoms with Gasteiger partial charge < -0.3 is 10.1 Å². The van der Waals surface area contributed by atoms with Gasteiger partial charge in [-0.3, -0.25) is 9.52 Å². The van der Waals surface area contributed by atoms with Crippen LogP contribution in [0.4, 0.5) is 5.69 Å². The second-order valence-electron chi connectivity index (χ2n) is 6.52. The molecule has 1 unspecified atom stereocenters. The predicted molar refractivity (Wildman–Crippen MR) is 115 cm³/mol. The van der Waals surface area contributed by atoms with E-state index in [1.807, 2.05) is 24.4 Å². The van der Waals surface area contributed by atoms with Crippen molar-refractivity contribution in [1.82, 2.24) is 5.32 Å². The molecule has 0 fully saturated rings. The average molecular weight is 431 g/mol. The number of hydrogen-bond donors (Lipinski definition) is 2. The SMILES string of the molecule is COc1ccc(NS(=O)(=O)c2cc(C(=O)NC(C)c3cccs3)ccc2C)cc1. The van der Waals surface area contributed by atoms with Crippen LogP contribution >= 0.6 is 11.3 Å². The summed E-state index contributed by atoms with van der Waals surface area (Å²) in [7, 11) is -2.32. The molecule has 0 aliphatic rings. The van der Waals surface area contributed by atoms with Crippen molar-refractivity contribution in [1.29, 1.82) is 0 Å². The number of carbonyl (C=O) groups excluding carboxylic acids is 1. The molecule has 0 bridgehead atoms. The number of hydrogen-bond acceptors (Lipinski definition) is 5. The molecule has 0 radical (unpaired) electrons. The van der Waals surface area contributed by atoms with E-state index >= 15 is 0 Å². The Morgan fingerprint density at radius 2 is 1.83 bits per heavy atom. The van der Waals surface area contributed by atoms with Gasteiger partial charge in [0.25, 0.3) is 15.9 Å². The minimum Gasteiger partial charge on any atom is -0.497 e. The molecule has 3 aromatic rings. The second kappa shape index (κ2) is 8.67. The molecule has 3 rings (SSSR count). The first-order valence-corrected chi connectivity index (χ1v) is 11.3. The third-order valence-electron chi connectivity index (χ3n) is 4.40. The normalized spacial score (nSPS) is 12.2. The fourth-order valence-corrected chi connectivity index (χ4v) is 4.85. The van der Waals surface area contributed by atoms with Crippen molar-refractivity contribution in [3.05, 3.63) is 76.0 Å². The average Bonchev–Trinajstić information content (AvgIpc) is 3.23. The Kier molecular flexibility index (Phi) is 6.24. The van der Waals surface area contributed by atoms with Crippen LogP contribution in [0.3, 0.4) is 0 Å². The van der Waals surface area contributed by atoms with Gasteiger partial charge in [0.05, 0.1) is 18.0 Å². The third kappa shape index (κ3) is 4.96. The molecule has 29 heavy (non-hydrogen) atoms. The number of rotatable bonds is 7. The van der Waals surface area contributed by atoms with Gasteiger partial charge in [0.15, 0.2) is 0 Å². The van der Waals surface area contributed by atoms with Crippen LogP contribution in [0.5, 0.6) is 5.75 Å². The van der Waals surface area contributed by atoms with E-state index in [2.05, 4.69) is 10.0 Å². The van der Waals surface area contributed by atoms with E-state index in [-0.39, 0.29) is 22.4 Å². The molecule has 0 aliphatic heterocycles.